The fourth-order valence-electron chi connectivity index (χ4n) is 4.12. The number of hydrogen-bond acceptors (Lipinski definition) is 8. The molecule has 1 aliphatic rings. The number of carbonyl (C=O) groups is 2. The van der Waals surface area contributed by atoms with Gasteiger partial charge in [0.2, 0.25) is 5.91 Å². The number of ether oxygens (including phenoxy) is 3. The predicted molar refractivity (Wildman–Crippen MR) is 131 cm³/mol. The molecule has 1 aliphatic heterocycles. The van der Waals surface area contributed by atoms with Gasteiger partial charge in [0.25, 0.3) is 5.91 Å². The van der Waals surface area contributed by atoms with Crippen molar-refractivity contribution in [2.24, 2.45) is 5.92 Å². The van der Waals surface area contributed by atoms with Crippen molar-refractivity contribution >= 4 is 17.5 Å². The summed E-state index contributed by atoms with van der Waals surface area (Å²) >= 11 is 0. The lowest BCUT2D eigenvalue weighted by Gasteiger charge is -2.36. The first-order valence-corrected chi connectivity index (χ1v) is 11.6. The van der Waals surface area contributed by atoms with Gasteiger partial charge in [-0.15, -0.1) is 0 Å². The normalized spacial score (nSPS) is 21.9. The molecule has 0 unspecified atom stereocenters. The lowest BCUT2D eigenvalue weighted by Crippen LogP contribution is -2.46. The number of carbonyl (C=O) groups excluding carboxylic acids is 2. The summed E-state index contributed by atoms with van der Waals surface area (Å²) in [6.07, 6.45) is 4.99. The van der Waals surface area contributed by atoms with Crippen LogP contribution >= 0.6 is 0 Å². The van der Waals surface area contributed by atoms with Gasteiger partial charge in [0.15, 0.2) is 0 Å². The molecule has 10 heteroatoms. The topological polar surface area (TPSA) is 106 Å². The molecule has 3 atom stereocenters. The number of nitrogens with zero attached hydrogens (tertiary/aromatic N) is 4. The Morgan fingerprint density at radius 3 is 2.63 bits per heavy atom. The van der Waals surface area contributed by atoms with E-state index in [1.807, 2.05) is 12.4 Å². The van der Waals surface area contributed by atoms with E-state index < -0.39 is 0 Å². The molecule has 35 heavy (non-hydrogen) atoms. The number of likely N-dealkylation sites (N-methyl/N-ethyl adjacent to an activating group) is 1. The van der Waals surface area contributed by atoms with Crippen molar-refractivity contribution in [2.45, 2.75) is 32.5 Å². The van der Waals surface area contributed by atoms with Gasteiger partial charge in [-0.1, -0.05) is 6.92 Å². The van der Waals surface area contributed by atoms with Crippen LogP contribution in [0.25, 0.3) is 0 Å². The molecule has 0 bridgehead atoms. The molecular formula is C25H35N5O5. The zero-order chi connectivity index (χ0) is 25.4. The summed E-state index contributed by atoms with van der Waals surface area (Å²) in [4.78, 5) is 37.5. The third-order valence-electron chi connectivity index (χ3n) is 6.13. The second kappa shape index (κ2) is 12.6. The molecule has 1 aromatic carbocycles. The van der Waals surface area contributed by atoms with E-state index in [-0.39, 0.29) is 36.5 Å². The number of rotatable bonds is 6. The highest BCUT2D eigenvalue weighted by Crippen LogP contribution is 2.27. The van der Waals surface area contributed by atoms with Crippen molar-refractivity contribution < 1.29 is 23.8 Å². The average molecular weight is 486 g/mol. The fourth-order valence-corrected chi connectivity index (χ4v) is 4.12. The van der Waals surface area contributed by atoms with Crippen molar-refractivity contribution in [3.63, 3.8) is 0 Å². The van der Waals surface area contributed by atoms with Crippen LogP contribution in [0.4, 0.5) is 5.69 Å². The van der Waals surface area contributed by atoms with Gasteiger partial charge < -0.3 is 24.4 Å². The minimum absolute atomic E-state index is 0.0157. The molecule has 0 spiro atoms. The number of benzene rings is 1. The number of hydrogen-bond donors (Lipinski definition) is 1. The molecule has 10 nitrogen and oxygen atoms in total. The quantitative estimate of drug-likeness (QED) is 0.663. The first kappa shape index (κ1) is 26.5. The summed E-state index contributed by atoms with van der Waals surface area (Å²) < 4.78 is 16.9. The molecule has 0 saturated heterocycles. The van der Waals surface area contributed by atoms with E-state index in [1.165, 1.54) is 13.4 Å². The molecule has 1 N–H and O–H groups in total. The Morgan fingerprint density at radius 1 is 1.20 bits per heavy atom. The Bertz CT molecular complexity index is 989. The van der Waals surface area contributed by atoms with Gasteiger partial charge in [0.1, 0.15) is 25.3 Å². The number of amides is 2. The number of aromatic nitrogens is 2. The highest BCUT2D eigenvalue weighted by Gasteiger charge is 2.28. The van der Waals surface area contributed by atoms with Crippen LogP contribution in [-0.4, -0.2) is 91.3 Å². The molecule has 2 amide bonds. The van der Waals surface area contributed by atoms with E-state index in [0.717, 1.165) is 12.1 Å². The monoisotopic (exact) mass is 485 g/mol. The Kier molecular flexibility index (Phi) is 9.53. The third kappa shape index (κ3) is 7.20. The maximum absolute atomic E-state index is 13.3. The van der Waals surface area contributed by atoms with Crippen LogP contribution in [0.5, 0.6) is 5.75 Å². The molecule has 0 fully saturated rings. The van der Waals surface area contributed by atoms with Gasteiger partial charge in [-0.05, 0) is 25.0 Å². The lowest BCUT2D eigenvalue weighted by atomic mass is 10.0. The van der Waals surface area contributed by atoms with E-state index in [4.69, 9.17) is 14.2 Å². The standard InChI is InChI=1S/C25H35N5O5/c1-17-11-30(12-19-9-26-16-27-10-19)18(2)14-35-22-8-20(28-24(31)15-33-4)6-7-21(22)25(32)29(3)13-23(17)34-5/h6-10,16-18,23H,11-15H2,1-5H3,(H,28,31)/t17-,18+,23+/m1/s1. The predicted octanol–water partition coefficient (Wildman–Crippen LogP) is 2.07. The van der Waals surface area contributed by atoms with Crippen LogP contribution < -0.4 is 10.1 Å². The van der Waals surface area contributed by atoms with Crippen LogP contribution in [0.3, 0.4) is 0 Å². The van der Waals surface area contributed by atoms with E-state index in [2.05, 4.69) is 34.0 Å². The van der Waals surface area contributed by atoms with Crippen molar-refractivity contribution in [3.8, 4) is 5.75 Å². The molecule has 2 heterocycles. The van der Waals surface area contributed by atoms with Crippen molar-refractivity contribution in [1.82, 2.24) is 19.8 Å². The molecular weight excluding hydrogens is 450 g/mol. The number of fused-ring (bicyclic) bond motifs is 1. The second-order valence-electron chi connectivity index (χ2n) is 8.97. The molecule has 0 aliphatic carbocycles. The summed E-state index contributed by atoms with van der Waals surface area (Å²) in [5.41, 5.74) is 1.96. The van der Waals surface area contributed by atoms with Gasteiger partial charge >= 0.3 is 0 Å². The Balaban J connectivity index is 1.92. The SMILES string of the molecule is COCC(=O)Nc1ccc2c(c1)OC[C@H](C)N(Cc1cncnc1)C[C@@H](C)[C@@H](OC)CN(C)C2=O. The highest BCUT2D eigenvalue weighted by molar-refractivity contribution is 5.98. The maximum atomic E-state index is 13.3. The molecule has 0 saturated carbocycles. The zero-order valence-corrected chi connectivity index (χ0v) is 21.1. The molecule has 0 radical (unpaired) electrons. The van der Waals surface area contributed by atoms with E-state index >= 15 is 0 Å². The Morgan fingerprint density at radius 2 is 1.94 bits per heavy atom. The van der Waals surface area contributed by atoms with E-state index in [1.54, 1.807) is 37.3 Å². The van der Waals surface area contributed by atoms with Crippen LogP contribution in [0.1, 0.15) is 29.8 Å². The zero-order valence-electron chi connectivity index (χ0n) is 21.1. The van der Waals surface area contributed by atoms with Gasteiger partial charge in [0, 0.05) is 76.7 Å². The van der Waals surface area contributed by atoms with Gasteiger partial charge in [0.05, 0.1) is 11.7 Å². The van der Waals surface area contributed by atoms with E-state index in [0.29, 0.717) is 36.7 Å². The summed E-state index contributed by atoms with van der Waals surface area (Å²) in [6.45, 7) is 6.31. The molecule has 1 aromatic heterocycles. The first-order valence-electron chi connectivity index (χ1n) is 11.6. The molecule has 3 rings (SSSR count). The maximum Gasteiger partial charge on any atom is 0.257 e. The number of methoxy groups -OCH3 is 2. The van der Waals surface area contributed by atoms with Gasteiger partial charge in [-0.25, -0.2) is 9.97 Å². The first-order chi connectivity index (χ1) is 16.8. The fraction of sp³-hybridized carbons (Fsp3) is 0.520. The van der Waals surface area contributed by atoms with Crippen LogP contribution in [0.2, 0.25) is 0 Å². The minimum atomic E-state index is -0.286. The molecule has 2 aromatic rings. The van der Waals surface area contributed by atoms with E-state index in [9.17, 15) is 9.59 Å². The summed E-state index contributed by atoms with van der Waals surface area (Å²) in [7, 11) is 4.89. The highest BCUT2D eigenvalue weighted by atomic mass is 16.5. The van der Waals surface area contributed by atoms with Crippen LogP contribution in [0.15, 0.2) is 36.9 Å². The van der Waals surface area contributed by atoms with Crippen LogP contribution in [-0.2, 0) is 20.8 Å². The molecule has 190 valence electrons. The summed E-state index contributed by atoms with van der Waals surface area (Å²) in [5, 5.41) is 2.77. The van der Waals surface area contributed by atoms with Crippen LogP contribution in [0, 0.1) is 5.92 Å². The second-order valence-corrected chi connectivity index (χ2v) is 8.97. The van der Waals surface area contributed by atoms with Crippen molar-refractivity contribution in [3.05, 3.63) is 48.0 Å². The van der Waals surface area contributed by atoms with Gasteiger partial charge in [-0.3, -0.25) is 14.5 Å². The lowest BCUT2D eigenvalue weighted by molar-refractivity contribution is -0.119. The summed E-state index contributed by atoms with van der Waals surface area (Å²) in [5.74, 6) is 0.107. The average Bonchev–Trinajstić information content (AvgIpc) is 2.85. The Hall–Kier alpha value is -3.08. The smallest absolute Gasteiger partial charge is 0.257 e. The van der Waals surface area contributed by atoms with Gasteiger partial charge in [-0.2, -0.15) is 0 Å². The van der Waals surface area contributed by atoms with Crippen molar-refractivity contribution in [2.75, 3.05) is 52.9 Å². The van der Waals surface area contributed by atoms with Crippen molar-refractivity contribution in [1.29, 1.82) is 0 Å². The number of anilines is 1. The largest absolute Gasteiger partial charge is 0.491 e. The summed E-state index contributed by atoms with van der Waals surface area (Å²) in [6, 6.07) is 5.06. The minimum Gasteiger partial charge on any atom is -0.491 e. The third-order valence-corrected chi connectivity index (χ3v) is 6.13. The number of nitrogens with one attached hydrogen (secondary N) is 1. The Labute approximate surface area is 206 Å².